The van der Waals surface area contributed by atoms with Crippen molar-refractivity contribution >= 4 is 28.5 Å². The third kappa shape index (κ3) is 2.97. The van der Waals surface area contributed by atoms with Crippen LogP contribution in [0.15, 0.2) is 0 Å². The minimum Gasteiger partial charge on any atom is -0.288 e. The molecular formula is C12H21N3OS. The molecule has 1 aliphatic rings. The normalized spacial score (nSPS) is 15.2. The van der Waals surface area contributed by atoms with E-state index in [0.717, 1.165) is 29.2 Å². The van der Waals surface area contributed by atoms with Crippen molar-refractivity contribution in [2.75, 3.05) is 11.0 Å². The summed E-state index contributed by atoms with van der Waals surface area (Å²) in [4.78, 5) is 0. The second kappa shape index (κ2) is 6.00. The van der Waals surface area contributed by atoms with E-state index < -0.39 is 11.0 Å². The van der Waals surface area contributed by atoms with Crippen molar-refractivity contribution in [1.82, 2.24) is 9.78 Å². The molecule has 4 nitrogen and oxygen atoms in total. The van der Waals surface area contributed by atoms with Crippen molar-refractivity contribution in [3.63, 3.8) is 0 Å². The van der Waals surface area contributed by atoms with E-state index >= 15 is 0 Å². The Balaban J connectivity index is 0.000000686. The Morgan fingerprint density at radius 1 is 1.47 bits per heavy atom. The maximum atomic E-state index is 11.1. The van der Waals surface area contributed by atoms with Gasteiger partial charge in [0.15, 0.2) is 5.82 Å². The molecule has 1 aromatic rings. The highest BCUT2D eigenvalue weighted by atomic mass is 32.2. The fraction of sp³-hybridized carbons (Fsp3) is 0.583. The van der Waals surface area contributed by atoms with Crippen LogP contribution in [0.2, 0.25) is 0 Å². The number of fused-ring (bicyclic) bond motifs is 1. The van der Waals surface area contributed by atoms with Gasteiger partial charge >= 0.3 is 0 Å². The minimum absolute atomic E-state index is 0.729. The highest BCUT2D eigenvalue weighted by Crippen LogP contribution is 2.07. The van der Waals surface area contributed by atoms with Crippen LogP contribution in [0.25, 0.3) is 11.6 Å². The van der Waals surface area contributed by atoms with Gasteiger partial charge < -0.3 is 0 Å². The van der Waals surface area contributed by atoms with Crippen LogP contribution in [0.3, 0.4) is 0 Å². The highest BCUT2D eigenvalue weighted by Gasteiger charge is 2.10. The van der Waals surface area contributed by atoms with E-state index in [1.807, 2.05) is 25.6 Å². The van der Waals surface area contributed by atoms with Crippen LogP contribution in [-0.4, -0.2) is 20.2 Å². The van der Waals surface area contributed by atoms with Gasteiger partial charge in [0.1, 0.15) is 11.0 Å². The van der Waals surface area contributed by atoms with Crippen LogP contribution in [0.4, 0.5) is 5.82 Å². The van der Waals surface area contributed by atoms with Crippen LogP contribution in [0.5, 0.6) is 0 Å². The number of aryl methyl sites for hydroxylation is 1. The Labute approximate surface area is 105 Å². The maximum absolute atomic E-state index is 11.1. The van der Waals surface area contributed by atoms with Crippen LogP contribution in [-0.2, 0) is 18.0 Å². The highest BCUT2D eigenvalue weighted by molar-refractivity contribution is 7.85. The number of hydrogen-bond donors (Lipinski definition) is 1. The van der Waals surface area contributed by atoms with E-state index in [1.54, 1.807) is 6.26 Å². The van der Waals surface area contributed by atoms with E-state index in [4.69, 9.17) is 0 Å². The number of nitrogens with one attached hydrogen (secondary N) is 1. The molecule has 5 heteroatoms. The first kappa shape index (κ1) is 14.0. The second-order valence-electron chi connectivity index (χ2n) is 3.81. The second-order valence-corrected chi connectivity index (χ2v) is 4.93. The fourth-order valence-corrected chi connectivity index (χ4v) is 2.43. The molecule has 96 valence electrons. The third-order valence-corrected chi connectivity index (χ3v) is 3.08. The molecule has 17 heavy (non-hydrogen) atoms. The Bertz CT molecular complexity index is 531. The summed E-state index contributed by atoms with van der Waals surface area (Å²) in [5.41, 5.74) is 1.34. The minimum atomic E-state index is -1.07. The van der Waals surface area contributed by atoms with Gasteiger partial charge in [-0.2, -0.15) is 5.10 Å². The van der Waals surface area contributed by atoms with Gasteiger partial charge in [-0.15, -0.1) is 0 Å². The third-order valence-electron chi connectivity index (χ3n) is 2.60. The molecule has 0 bridgehead atoms. The van der Waals surface area contributed by atoms with Crippen molar-refractivity contribution in [3.05, 3.63) is 10.6 Å². The SMILES string of the molecule is CC.CC1=c2c(c(NS(C)=O)nn2C)=CCC1. The van der Waals surface area contributed by atoms with E-state index in [9.17, 15) is 4.21 Å². The van der Waals surface area contributed by atoms with E-state index in [2.05, 4.69) is 22.8 Å². The summed E-state index contributed by atoms with van der Waals surface area (Å²) in [5.74, 6) is 0.729. The zero-order chi connectivity index (χ0) is 13.0. The number of rotatable bonds is 2. The lowest BCUT2D eigenvalue weighted by Crippen LogP contribution is -2.33. The molecule has 1 heterocycles. The summed E-state index contributed by atoms with van der Waals surface area (Å²) in [5, 5.41) is 6.60. The van der Waals surface area contributed by atoms with E-state index in [-0.39, 0.29) is 0 Å². The maximum Gasteiger partial charge on any atom is 0.167 e. The lowest BCUT2D eigenvalue weighted by Gasteiger charge is -2.03. The van der Waals surface area contributed by atoms with Crippen molar-refractivity contribution in [2.45, 2.75) is 33.6 Å². The molecule has 0 aromatic carbocycles. The molecule has 0 aliphatic heterocycles. The van der Waals surface area contributed by atoms with Crippen molar-refractivity contribution < 1.29 is 4.21 Å². The average molecular weight is 255 g/mol. The number of nitrogens with zero attached hydrogens (tertiary/aromatic N) is 2. The molecule has 0 saturated carbocycles. The zero-order valence-electron chi connectivity index (χ0n) is 11.2. The Kier molecular flexibility index (Phi) is 4.93. The standard InChI is InChI=1S/C10H15N3OS.C2H6/c1-7-5-4-6-8-9(7)13(2)11-10(8)12-15(3)14;1-2/h6H,4-5H2,1-3H3,(H,11,12);1-2H3. The molecule has 0 fully saturated rings. The molecule has 2 rings (SSSR count). The van der Waals surface area contributed by atoms with Gasteiger partial charge in [0.25, 0.3) is 0 Å². The van der Waals surface area contributed by atoms with Crippen molar-refractivity contribution in [3.8, 4) is 0 Å². The molecule has 0 saturated heterocycles. The molecule has 1 aromatic heterocycles. The molecule has 0 radical (unpaired) electrons. The summed E-state index contributed by atoms with van der Waals surface area (Å²) < 4.78 is 15.8. The smallest absolute Gasteiger partial charge is 0.167 e. The van der Waals surface area contributed by atoms with Crippen LogP contribution >= 0.6 is 0 Å². The van der Waals surface area contributed by atoms with Gasteiger partial charge in [0, 0.05) is 18.5 Å². The molecule has 1 N–H and O–H groups in total. The Morgan fingerprint density at radius 3 is 2.71 bits per heavy atom. The number of hydrogen-bond acceptors (Lipinski definition) is 2. The van der Waals surface area contributed by atoms with Crippen molar-refractivity contribution in [2.24, 2.45) is 7.05 Å². The van der Waals surface area contributed by atoms with E-state index in [0.29, 0.717) is 0 Å². The van der Waals surface area contributed by atoms with Gasteiger partial charge in [-0.05, 0) is 25.3 Å². The molecule has 1 aliphatic carbocycles. The fourth-order valence-electron chi connectivity index (χ4n) is 2.00. The predicted molar refractivity (Wildman–Crippen MR) is 74.3 cm³/mol. The molecule has 1 atom stereocenters. The zero-order valence-corrected chi connectivity index (χ0v) is 12.0. The van der Waals surface area contributed by atoms with E-state index in [1.165, 1.54) is 5.57 Å². The first-order valence-electron chi connectivity index (χ1n) is 5.92. The van der Waals surface area contributed by atoms with Crippen LogP contribution in [0, 0.1) is 0 Å². The Hall–Kier alpha value is -1.10. The summed E-state index contributed by atoms with van der Waals surface area (Å²) in [6.07, 6.45) is 5.89. The summed E-state index contributed by atoms with van der Waals surface area (Å²) in [6.45, 7) is 6.13. The Morgan fingerprint density at radius 2 is 2.12 bits per heavy atom. The quantitative estimate of drug-likeness (QED) is 0.853. The van der Waals surface area contributed by atoms with Gasteiger partial charge in [0.05, 0.1) is 5.35 Å². The first-order chi connectivity index (χ1) is 8.09. The summed E-state index contributed by atoms with van der Waals surface area (Å²) >= 11 is 0. The number of anilines is 1. The topological polar surface area (TPSA) is 46.9 Å². The number of aromatic nitrogens is 2. The van der Waals surface area contributed by atoms with Crippen molar-refractivity contribution in [1.29, 1.82) is 0 Å². The predicted octanol–water partition coefficient (Wildman–Crippen LogP) is 0.897. The lowest BCUT2D eigenvalue weighted by molar-refractivity contribution is 0.689. The van der Waals surface area contributed by atoms with Crippen LogP contribution < -0.4 is 15.3 Å². The lowest BCUT2D eigenvalue weighted by atomic mass is 10.1. The molecule has 0 spiro atoms. The van der Waals surface area contributed by atoms with Gasteiger partial charge in [-0.1, -0.05) is 19.9 Å². The summed E-state index contributed by atoms with van der Waals surface area (Å²) in [7, 11) is 0.854. The summed E-state index contributed by atoms with van der Waals surface area (Å²) in [6, 6.07) is 0. The van der Waals surface area contributed by atoms with Gasteiger partial charge in [-0.25, -0.2) is 4.21 Å². The molecule has 1 unspecified atom stereocenters. The van der Waals surface area contributed by atoms with Gasteiger partial charge in [-0.3, -0.25) is 9.40 Å². The molecular weight excluding hydrogens is 234 g/mol. The molecule has 0 amide bonds. The monoisotopic (exact) mass is 255 g/mol. The van der Waals surface area contributed by atoms with Crippen LogP contribution in [0.1, 0.15) is 33.6 Å². The average Bonchev–Trinajstić information content (AvgIpc) is 2.59. The largest absolute Gasteiger partial charge is 0.288 e. The van der Waals surface area contributed by atoms with Gasteiger partial charge in [0.2, 0.25) is 0 Å². The first-order valence-corrected chi connectivity index (χ1v) is 7.48.